The average Bonchev–Trinajstić information content (AvgIpc) is 3.33. The van der Waals surface area contributed by atoms with Crippen LogP contribution in [0.15, 0.2) is 29.1 Å². The number of nitrogens with one attached hydrogen (secondary N) is 1. The monoisotopic (exact) mass is 524 g/mol. The summed E-state index contributed by atoms with van der Waals surface area (Å²) in [6, 6.07) is 6.49. The van der Waals surface area contributed by atoms with Gasteiger partial charge in [0.2, 0.25) is 11.9 Å². The molecule has 1 aromatic carbocycles. The first-order valence-corrected chi connectivity index (χ1v) is 12.5. The van der Waals surface area contributed by atoms with Gasteiger partial charge < -0.3 is 20.2 Å². The summed E-state index contributed by atoms with van der Waals surface area (Å²) in [5, 5.41) is 13.4. The zero-order valence-electron chi connectivity index (χ0n) is 21.3. The lowest BCUT2D eigenvalue weighted by molar-refractivity contribution is -0.130. The second-order valence-corrected chi connectivity index (χ2v) is 10.6. The van der Waals surface area contributed by atoms with Crippen LogP contribution in [0.3, 0.4) is 0 Å². The van der Waals surface area contributed by atoms with Crippen molar-refractivity contribution >= 4 is 46.0 Å². The number of benzene rings is 1. The lowest BCUT2D eigenvalue weighted by Crippen LogP contribution is -2.35. The molecule has 1 saturated heterocycles. The van der Waals surface area contributed by atoms with E-state index in [1.807, 2.05) is 26.0 Å². The van der Waals surface area contributed by atoms with Gasteiger partial charge in [-0.25, -0.2) is 14.8 Å². The SMILES string of the molecule is Cc1cc(C(C)Nc2ccc(Cl)nc2C(=O)O)c2nc(N3CC4C(C3)C4C(=O)N(C)C)n(C)c(=O)c2c1. The molecule has 3 unspecified atom stereocenters. The maximum Gasteiger partial charge on any atom is 0.356 e. The van der Waals surface area contributed by atoms with E-state index in [2.05, 4.69) is 15.2 Å². The number of hydrogen-bond donors (Lipinski definition) is 2. The number of anilines is 2. The fourth-order valence-electron chi connectivity index (χ4n) is 5.53. The second kappa shape index (κ2) is 9.02. The largest absolute Gasteiger partial charge is 0.476 e. The number of carboxylic acids is 1. The number of aromatic carboxylic acids is 1. The second-order valence-electron chi connectivity index (χ2n) is 10.2. The Bertz CT molecular complexity index is 1490. The van der Waals surface area contributed by atoms with Crippen LogP contribution in [0, 0.1) is 24.7 Å². The average molecular weight is 525 g/mol. The third kappa shape index (κ3) is 4.29. The predicted molar refractivity (Wildman–Crippen MR) is 141 cm³/mol. The summed E-state index contributed by atoms with van der Waals surface area (Å²) in [5.74, 6) is 0.115. The Hall–Kier alpha value is -3.66. The van der Waals surface area contributed by atoms with Gasteiger partial charge >= 0.3 is 5.97 Å². The van der Waals surface area contributed by atoms with E-state index in [0.717, 1.165) is 11.1 Å². The maximum atomic E-state index is 13.4. The molecule has 1 saturated carbocycles. The third-order valence-corrected chi connectivity index (χ3v) is 7.65. The van der Waals surface area contributed by atoms with Gasteiger partial charge in [0.15, 0.2) is 5.69 Å². The number of fused-ring (bicyclic) bond motifs is 2. The minimum atomic E-state index is -1.20. The Balaban J connectivity index is 1.51. The van der Waals surface area contributed by atoms with Gasteiger partial charge in [0.05, 0.1) is 22.6 Å². The normalized spacial score (nSPS) is 21.0. The highest BCUT2D eigenvalue weighted by Crippen LogP contribution is 2.53. The van der Waals surface area contributed by atoms with Crippen molar-refractivity contribution in [3.63, 3.8) is 0 Å². The number of carbonyl (C=O) groups is 2. The minimum Gasteiger partial charge on any atom is -0.476 e. The Labute approximate surface area is 218 Å². The Kier molecular flexibility index (Phi) is 6.10. The molecule has 3 atom stereocenters. The molecule has 5 rings (SSSR count). The van der Waals surface area contributed by atoms with Crippen LogP contribution in [-0.4, -0.2) is 63.6 Å². The number of amides is 1. The molecule has 1 amide bonds. The predicted octanol–water partition coefficient (Wildman–Crippen LogP) is 2.93. The van der Waals surface area contributed by atoms with Crippen molar-refractivity contribution in [2.45, 2.75) is 19.9 Å². The van der Waals surface area contributed by atoms with Gasteiger partial charge in [-0.1, -0.05) is 17.7 Å². The van der Waals surface area contributed by atoms with Crippen molar-refractivity contribution in [2.24, 2.45) is 24.8 Å². The van der Waals surface area contributed by atoms with E-state index in [1.165, 1.54) is 6.07 Å². The Morgan fingerprint density at radius 3 is 2.49 bits per heavy atom. The molecule has 11 heteroatoms. The number of aryl methyl sites for hydroxylation is 1. The lowest BCUT2D eigenvalue weighted by Gasteiger charge is -2.25. The highest BCUT2D eigenvalue weighted by Gasteiger charge is 2.60. The summed E-state index contributed by atoms with van der Waals surface area (Å²) in [4.78, 5) is 50.2. The number of carboxylic acid groups (broad SMARTS) is 1. The molecule has 194 valence electrons. The summed E-state index contributed by atoms with van der Waals surface area (Å²) in [5.41, 5.74) is 2.20. The van der Waals surface area contributed by atoms with Crippen LogP contribution in [0.25, 0.3) is 10.9 Å². The zero-order chi connectivity index (χ0) is 26.8. The highest BCUT2D eigenvalue weighted by molar-refractivity contribution is 6.29. The molecule has 0 spiro atoms. The fraction of sp³-hybridized carbons (Fsp3) is 0.423. The number of halogens is 1. The number of pyridine rings is 1. The molecule has 2 N–H and O–H groups in total. The quantitative estimate of drug-likeness (QED) is 0.472. The Morgan fingerprint density at radius 2 is 1.86 bits per heavy atom. The van der Waals surface area contributed by atoms with Crippen LogP contribution in [0.2, 0.25) is 5.15 Å². The molecule has 2 fully saturated rings. The van der Waals surface area contributed by atoms with Gasteiger partial charge in [-0.3, -0.25) is 14.2 Å². The van der Waals surface area contributed by atoms with Crippen LogP contribution in [0.4, 0.5) is 11.6 Å². The maximum absolute atomic E-state index is 13.4. The third-order valence-electron chi connectivity index (χ3n) is 7.44. The van der Waals surface area contributed by atoms with Crippen molar-refractivity contribution in [2.75, 3.05) is 37.4 Å². The van der Waals surface area contributed by atoms with Crippen LogP contribution in [0.5, 0.6) is 0 Å². The van der Waals surface area contributed by atoms with E-state index in [1.54, 1.807) is 36.7 Å². The van der Waals surface area contributed by atoms with E-state index in [-0.39, 0.29) is 46.1 Å². The van der Waals surface area contributed by atoms with E-state index < -0.39 is 5.97 Å². The van der Waals surface area contributed by atoms with Gasteiger partial charge in [-0.15, -0.1) is 0 Å². The molecule has 3 heterocycles. The summed E-state index contributed by atoms with van der Waals surface area (Å²) in [7, 11) is 5.28. The molecule has 10 nitrogen and oxygen atoms in total. The Morgan fingerprint density at radius 1 is 1.19 bits per heavy atom. The number of piperidine rings is 1. The highest BCUT2D eigenvalue weighted by atomic mass is 35.5. The summed E-state index contributed by atoms with van der Waals surface area (Å²) < 4.78 is 1.57. The summed E-state index contributed by atoms with van der Waals surface area (Å²) in [6.07, 6.45) is 0. The molecule has 2 aromatic heterocycles. The van der Waals surface area contributed by atoms with Gasteiger partial charge in [-0.2, -0.15) is 0 Å². The van der Waals surface area contributed by atoms with E-state index in [4.69, 9.17) is 16.6 Å². The lowest BCUT2D eigenvalue weighted by atomic mass is 10.0. The summed E-state index contributed by atoms with van der Waals surface area (Å²) in [6.45, 7) is 5.14. The standard InChI is InChI=1S/C26H29ClN6O4/c1-12-8-14(13(2)28-18-6-7-19(27)29-22(18)25(36)37)21-15(9-12)23(34)32(5)26(30-21)33-10-16-17(11-33)20(16)24(35)31(3)4/h6-9,13,16-17,20,28H,10-11H2,1-5H3,(H,36,37). The first-order valence-electron chi connectivity index (χ1n) is 12.1. The molecule has 1 aliphatic heterocycles. The number of nitrogens with zero attached hydrogens (tertiary/aromatic N) is 5. The molecule has 1 aliphatic carbocycles. The number of carbonyl (C=O) groups excluding carboxylic acids is 1. The van der Waals surface area contributed by atoms with Crippen LogP contribution in [0.1, 0.15) is 34.6 Å². The first-order chi connectivity index (χ1) is 17.5. The number of aromatic nitrogens is 3. The zero-order valence-corrected chi connectivity index (χ0v) is 22.1. The van der Waals surface area contributed by atoms with Crippen molar-refractivity contribution in [1.29, 1.82) is 0 Å². The van der Waals surface area contributed by atoms with Crippen molar-refractivity contribution in [1.82, 2.24) is 19.4 Å². The number of rotatable bonds is 6. The van der Waals surface area contributed by atoms with Gasteiger partial charge in [-0.05, 0) is 49.4 Å². The van der Waals surface area contributed by atoms with Crippen molar-refractivity contribution in [3.8, 4) is 0 Å². The molecule has 37 heavy (non-hydrogen) atoms. The molecule has 2 aliphatic rings. The molecule has 0 bridgehead atoms. The molecular formula is C26H29ClN6O4. The van der Waals surface area contributed by atoms with E-state index >= 15 is 0 Å². The van der Waals surface area contributed by atoms with E-state index in [9.17, 15) is 19.5 Å². The topological polar surface area (TPSA) is 121 Å². The summed E-state index contributed by atoms with van der Waals surface area (Å²) >= 11 is 5.91. The minimum absolute atomic E-state index is 0.0441. The fourth-order valence-corrected chi connectivity index (χ4v) is 5.68. The van der Waals surface area contributed by atoms with Crippen molar-refractivity contribution in [3.05, 3.63) is 56.6 Å². The first kappa shape index (κ1) is 25.0. The molecule has 0 radical (unpaired) electrons. The van der Waals surface area contributed by atoms with E-state index in [0.29, 0.717) is 35.6 Å². The van der Waals surface area contributed by atoms with Crippen LogP contribution < -0.4 is 15.8 Å². The number of hydrogen-bond acceptors (Lipinski definition) is 7. The van der Waals surface area contributed by atoms with Crippen molar-refractivity contribution < 1.29 is 14.7 Å². The molecule has 3 aromatic rings. The van der Waals surface area contributed by atoms with Gasteiger partial charge in [0.25, 0.3) is 5.56 Å². The van der Waals surface area contributed by atoms with Crippen LogP contribution in [-0.2, 0) is 11.8 Å². The van der Waals surface area contributed by atoms with Gasteiger partial charge in [0, 0.05) is 45.7 Å². The van der Waals surface area contributed by atoms with Crippen LogP contribution >= 0.6 is 11.6 Å². The molecular weight excluding hydrogens is 496 g/mol. The smallest absolute Gasteiger partial charge is 0.356 e. The van der Waals surface area contributed by atoms with Gasteiger partial charge in [0.1, 0.15) is 5.15 Å².